The van der Waals surface area contributed by atoms with Gasteiger partial charge in [-0.1, -0.05) is 29.6 Å². The van der Waals surface area contributed by atoms with Gasteiger partial charge in [0.25, 0.3) is 0 Å². The van der Waals surface area contributed by atoms with Crippen molar-refractivity contribution in [3.8, 4) is 0 Å². The number of hydrogen-bond donors (Lipinski definition) is 1. The highest BCUT2D eigenvalue weighted by molar-refractivity contribution is 6.33. The lowest BCUT2D eigenvalue weighted by Crippen LogP contribution is -2.34. The summed E-state index contributed by atoms with van der Waals surface area (Å²) in [6, 6.07) is 4.92. The van der Waals surface area contributed by atoms with E-state index in [1.165, 1.54) is 0 Å². The minimum absolute atomic E-state index is 0.0111. The van der Waals surface area contributed by atoms with E-state index in [9.17, 15) is 18.3 Å². The largest absolute Gasteiger partial charge is 0.392 e. The molecule has 1 aliphatic carbocycles. The number of hydrogen-bond acceptors (Lipinski definition) is 1. The fraction of sp³-hybridized carbons (Fsp3) is 0.600. The monoisotopic (exact) mass is 340 g/mol. The van der Waals surface area contributed by atoms with Crippen molar-refractivity contribution in [2.75, 3.05) is 0 Å². The van der Waals surface area contributed by atoms with Crippen LogP contribution in [-0.2, 0) is 6.42 Å². The van der Waals surface area contributed by atoms with Crippen LogP contribution < -0.4 is 0 Å². The molecule has 2 rings (SSSR count). The molecule has 6 heteroatoms. The molecule has 1 aliphatic rings. The SMILES string of the molecule is OC(Cc1cc(Cl)ccc1Cl)C1CCCC(C(F)(F)F)C1. The molecule has 0 spiro atoms. The second-order valence-electron chi connectivity index (χ2n) is 5.67. The summed E-state index contributed by atoms with van der Waals surface area (Å²) in [5.74, 6) is -1.65. The standard InChI is InChI=1S/C15H17Cl2F3O/c16-12-4-5-13(17)10(7-12)8-14(21)9-2-1-3-11(6-9)15(18,19)20/h4-5,7,9,11,14,21H,1-3,6,8H2. The van der Waals surface area contributed by atoms with E-state index in [2.05, 4.69) is 0 Å². The fourth-order valence-corrected chi connectivity index (χ4v) is 3.36. The third-order valence-corrected chi connectivity index (χ3v) is 4.76. The maximum atomic E-state index is 12.8. The topological polar surface area (TPSA) is 20.2 Å². The predicted octanol–water partition coefficient (Wildman–Crippen LogP) is 5.27. The molecule has 1 N–H and O–H groups in total. The van der Waals surface area contributed by atoms with Gasteiger partial charge in [-0.15, -0.1) is 0 Å². The van der Waals surface area contributed by atoms with E-state index < -0.39 is 18.2 Å². The van der Waals surface area contributed by atoms with Crippen molar-refractivity contribution in [2.24, 2.45) is 11.8 Å². The smallest absolute Gasteiger partial charge is 0.391 e. The van der Waals surface area contributed by atoms with E-state index in [0.29, 0.717) is 28.5 Å². The number of alkyl halides is 3. The maximum Gasteiger partial charge on any atom is 0.391 e. The molecule has 1 saturated carbocycles. The first-order valence-corrected chi connectivity index (χ1v) is 7.71. The molecule has 0 saturated heterocycles. The van der Waals surface area contributed by atoms with Crippen molar-refractivity contribution in [1.29, 1.82) is 0 Å². The average Bonchev–Trinajstić information content (AvgIpc) is 2.42. The highest BCUT2D eigenvalue weighted by atomic mass is 35.5. The Morgan fingerprint density at radius 1 is 1.24 bits per heavy atom. The third kappa shape index (κ3) is 4.51. The Morgan fingerprint density at radius 2 is 1.95 bits per heavy atom. The molecule has 1 fully saturated rings. The Labute approximate surface area is 132 Å². The summed E-state index contributed by atoms with van der Waals surface area (Å²) < 4.78 is 38.4. The molecule has 3 atom stereocenters. The first kappa shape index (κ1) is 16.9. The van der Waals surface area contributed by atoms with Gasteiger partial charge >= 0.3 is 6.18 Å². The summed E-state index contributed by atoms with van der Waals surface area (Å²) in [6.07, 6.45) is -3.51. The normalized spacial score (nSPS) is 24.9. The molecule has 0 aromatic heterocycles. The second-order valence-corrected chi connectivity index (χ2v) is 6.52. The fourth-order valence-electron chi connectivity index (χ4n) is 2.97. The Morgan fingerprint density at radius 3 is 2.62 bits per heavy atom. The summed E-state index contributed by atoms with van der Waals surface area (Å²) in [7, 11) is 0. The van der Waals surface area contributed by atoms with Crippen molar-refractivity contribution in [3.63, 3.8) is 0 Å². The molecule has 1 aromatic rings. The molecule has 0 amide bonds. The molecule has 0 heterocycles. The minimum Gasteiger partial charge on any atom is -0.392 e. The third-order valence-electron chi connectivity index (χ3n) is 4.16. The summed E-state index contributed by atoms with van der Waals surface area (Å²) in [6.45, 7) is 0. The van der Waals surface area contributed by atoms with Crippen LogP contribution in [0, 0.1) is 11.8 Å². The number of rotatable bonds is 3. The zero-order valence-corrected chi connectivity index (χ0v) is 12.8. The summed E-state index contributed by atoms with van der Waals surface area (Å²) in [5.41, 5.74) is 0.672. The van der Waals surface area contributed by atoms with E-state index in [1.807, 2.05) is 0 Å². The van der Waals surface area contributed by atoms with Crippen molar-refractivity contribution in [3.05, 3.63) is 33.8 Å². The number of aliphatic hydroxyl groups is 1. The van der Waals surface area contributed by atoms with Crippen molar-refractivity contribution in [1.82, 2.24) is 0 Å². The highest BCUT2D eigenvalue weighted by Gasteiger charge is 2.43. The molecule has 1 nitrogen and oxygen atoms in total. The molecular weight excluding hydrogens is 324 g/mol. The second kappa shape index (κ2) is 6.76. The quantitative estimate of drug-likeness (QED) is 0.795. The van der Waals surface area contributed by atoms with Gasteiger partial charge in [-0.3, -0.25) is 0 Å². The van der Waals surface area contributed by atoms with E-state index in [4.69, 9.17) is 23.2 Å². The molecule has 1 aromatic carbocycles. The van der Waals surface area contributed by atoms with Crippen molar-refractivity contribution in [2.45, 2.75) is 44.4 Å². The van der Waals surface area contributed by atoms with Gasteiger partial charge in [0, 0.05) is 16.5 Å². The van der Waals surface area contributed by atoms with Crippen LogP contribution >= 0.6 is 23.2 Å². The lowest BCUT2D eigenvalue weighted by molar-refractivity contribution is -0.188. The van der Waals surface area contributed by atoms with Crippen molar-refractivity contribution < 1.29 is 18.3 Å². The van der Waals surface area contributed by atoms with E-state index in [1.54, 1.807) is 18.2 Å². The lowest BCUT2D eigenvalue weighted by atomic mass is 9.77. The molecule has 21 heavy (non-hydrogen) atoms. The van der Waals surface area contributed by atoms with Crippen molar-refractivity contribution >= 4 is 23.2 Å². The zero-order valence-electron chi connectivity index (χ0n) is 11.3. The van der Waals surface area contributed by atoms with Gasteiger partial charge < -0.3 is 5.11 Å². The lowest BCUT2D eigenvalue weighted by Gasteiger charge is -2.33. The Kier molecular flexibility index (Phi) is 5.44. The number of aliphatic hydroxyl groups excluding tert-OH is 1. The Balaban J connectivity index is 2.02. The van der Waals surface area contributed by atoms with Crippen LogP contribution in [0.3, 0.4) is 0 Å². The van der Waals surface area contributed by atoms with Gasteiger partial charge in [-0.05, 0) is 48.9 Å². The van der Waals surface area contributed by atoms with E-state index in [0.717, 1.165) is 0 Å². The first-order chi connectivity index (χ1) is 9.77. The van der Waals surface area contributed by atoms with E-state index in [-0.39, 0.29) is 25.2 Å². The average molecular weight is 341 g/mol. The van der Waals surface area contributed by atoms with Gasteiger partial charge in [-0.2, -0.15) is 13.2 Å². The van der Waals surface area contributed by atoms with Crippen LogP contribution in [0.15, 0.2) is 18.2 Å². The van der Waals surface area contributed by atoms with E-state index >= 15 is 0 Å². The van der Waals surface area contributed by atoms with Crippen LogP contribution in [0.2, 0.25) is 10.0 Å². The highest BCUT2D eigenvalue weighted by Crippen LogP contribution is 2.41. The first-order valence-electron chi connectivity index (χ1n) is 6.96. The summed E-state index contributed by atoms with van der Waals surface area (Å²) >= 11 is 11.9. The van der Waals surface area contributed by atoms with Crippen LogP contribution in [0.1, 0.15) is 31.2 Å². The molecule has 0 radical (unpaired) electrons. The minimum atomic E-state index is -4.17. The number of halogens is 5. The van der Waals surface area contributed by atoms with Gasteiger partial charge in [0.05, 0.1) is 12.0 Å². The summed E-state index contributed by atoms with van der Waals surface area (Å²) in [5, 5.41) is 11.2. The zero-order chi connectivity index (χ0) is 15.6. The molecule has 0 aliphatic heterocycles. The van der Waals surface area contributed by atoms with Gasteiger partial charge in [-0.25, -0.2) is 0 Å². The van der Waals surface area contributed by atoms with Crippen LogP contribution in [-0.4, -0.2) is 17.4 Å². The van der Waals surface area contributed by atoms with Crippen LogP contribution in [0.25, 0.3) is 0 Å². The number of benzene rings is 1. The Hall–Kier alpha value is -0.450. The Bertz CT molecular complexity index is 490. The van der Waals surface area contributed by atoms with Crippen LogP contribution in [0.5, 0.6) is 0 Å². The maximum absolute atomic E-state index is 12.8. The predicted molar refractivity (Wildman–Crippen MR) is 77.7 cm³/mol. The summed E-state index contributed by atoms with van der Waals surface area (Å²) in [4.78, 5) is 0. The molecule has 0 bridgehead atoms. The molecule has 3 unspecified atom stereocenters. The van der Waals surface area contributed by atoms with Gasteiger partial charge in [0.1, 0.15) is 0 Å². The van der Waals surface area contributed by atoms with Gasteiger partial charge in [0.2, 0.25) is 0 Å². The molecule has 118 valence electrons. The molecular formula is C15H17Cl2F3O. The van der Waals surface area contributed by atoms with Crippen LogP contribution in [0.4, 0.5) is 13.2 Å². The van der Waals surface area contributed by atoms with Gasteiger partial charge in [0.15, 0.2) is 0 Å².